The summed E-state index contributed by atoms with van der Waals surface area (Å²) in [6.07, 6.45) is 1.48. The van der Waals surface area contributed by atoms with Crippen LogP contribution in [0.1, 0.15) is 10.4 Å². The Balaban J connectivity index is 1.39. The van der Waals surface area contributed by atoms with Crippen LogP contribution in [0.15, 0.2) is 42.6 Å². The largest absolute Gasteiger partial charge is 0.492 e. The van der Waals surface area contributed by atoms with Crippen molar-refractivity contribution in [2.75, 3.05) is 19.9 Å². The molecule has 0 saturated carbocycles. The number of aromatic nitrogens is 2. The summed E-state index contributed by atoms with van der Waals surface area (Å²) in [5.41, 5.74) is 0.369. The summed E-state index contributed by atoms with van der Waals surface area (Å²) in [5, 5.41) is 6.84. The van der Waals surface area contributed by atoms with Crippen LogP contribution < -0.4 is 19.5 Å². The van der Waals surface area contributed by atoms with Crippen LogP contribution in [-0.4, -0.2) is 35.6 Å². The van der Waals surface area contributed by atoms with E-state index in [1.54, 1.807) is 25.2 Å². The topological polar surface area (TPSA) is 74.6 Å². The third-order valence-electron chi connectivity index (χ3n) is 4.26. The summed E-state index contributed by atoms with van der Waals surface area (Å²) in [4.78, 5) is 12.5. The molecule has 0 radical (unpaired) electrons. The summed E-state index contributed by atoms with van der Waals surface area (Å²) < 4.78 is 44.8. The number of amides is 1. The maximum Gasteiger partial charge on any atom is 0.255 e. The molecular formula is C20H17F2N3O4. The molecule has 7 nitrogen and oxygen atoms in total. The molecule has 0 bridgehead atoms. The normalized spacial score (nSPS) is 12.1. The van der Waals surface area contributed by atoms with Gasteiger partial charge in [-0.15, -0.1) is 0 Å². The lowest BCUT2D eigenvalue weighted by Crippen LogP contribution is -2.28. The summed E-state index contributed by atoms with van der Waals surface area (Å²) in [7, 11) is 1.62. The van der Waals surface area contributed by atoms with Gasteiger partial charge in [-0.25, -0.2) is 8.78 Å². The van der Waals surface area contributed by atoms with E-state index in [9.17, 15) is 13.6 Å². The molecule has 29 heavy (non-hydrogen) atoms. The Bertz CT molecular complexity index is 1070. The molecule has 0 aliphatic carbocycles. The Morgan fingerprint density at radius 3 is 2.86 bits per heavy atom. The highest BCUT2D eigenvalue weighted by atomic mass is 19.1. The van der Waals surface area contributed by atoms with Gasteiger partial charge in [-0.05, 0) is 24.3 Å². The number of nitrogens with zero attached hydrogens (tertiary/aromatic N) is 2. The molecule has 4 rings (SSSR count). The number of hydrogen-bond acceptors (Lipinski definition) is 5. The lowest BCUT2D eigenvalue weighted by molar-refractivity contribution is 0.0947. The number of fused-ring (bicyclic) bond motifs is 1. The molecule has 2 heterocycles. The smallest absolute Gasteiger partial charge is 0.255 e. The lowest BCUT2D eigenvalue weighted by Gasteiger charge is -2.09. The Morgan fingerprint density at radius 1 is 1.21 bits per heavy atom. The van der Waals surface area contributed by atoms with E-state index in [1.165, 1.54) is 16.9 Å². The average Bonchev–Trinajstić information content (AvgIpc) is 3.31. The number of benzene rings is 2. The fourth-order valence-electron chi connectivity index (χ4n) is 2.93. The molecule has 1 N–H and O–H groups in total. The summed E-state index contributed by atoms with van der Waals surface area (Å²) in [5.74, 6) is -0.0848. The first-order valence-corrected chi connectivity index (χ1v) is 8.81. The van der Waals surface area contributed by atoms with Gasteiger partial charge in [-0.2, -0.15) is 5.10 Å². The average molecular weight is 401 g/mol. The van der Waals surface area contributed by atoms with Crippen molar-refractivity contribution < 1.29 is 27.8 Å². The molecule has 1 aromatic heterocycles. The first-order chi connectivity index (χ1) is 14.0. The number of aryl methyl sites for hydroxylation is 1. The van der Waals surface area contributed by atoms with Gasteiger partial charge in [-0.3, -0.25) is 9.48 Å². The van der Waals surface area contributed by atoms with Crippen molar-refractivity contribution in [2.45, 2.75) is 0 Å². The summed E-state index contributed by atoms with van der Waals surface area (Å²) in [6.45, 7) is 0.607. The van der Waals surface area contributed by atoms with Crippen molar-refractivity contribution in [3.8, 4) is 28.5 Å². The second kappa shape index (κ2) is 7.78. The third kappa shape index (κ3) is 3.98. The Morgan fingerprint density at radius 2 is 2.03 bits per heavy atom. The van der Waals surface area contributed by atoms with Gasteiger partial charge in [0.1, 0.15) is 29.7 Å². The van der Waals surface area contributed by atoms with E-state index in [0.717, 1.165) is 12.1 Å². The van der Waals surface area contributed by atoms with Crippen molar-refractivity contribution in [2.24, 2.45) is 7.05 Å². The highest BCUT2D eigenvalue weighted by Gasteiger charge is 2.20. The second-order valence-corrected chi connectivity index (χ2v) is 6.31. The van der Waals surface area contributed by atoms with Gasteiger partial charge < -0.3 is 19.5 Å². The van der Waals surface area contributed by atoms with Crippen LogP contribution in [0.2, 0.25) is 0 Å². The van der Waals surface area contributed by atoms with Crippen LogP contribution in [0, 0.1) is 11.6 Å². The van der Waals surface area contributed by atoms with Crippen LogP contribution in [0.5, 0.6) is 17.2 Å². The maximum absolute atomic E-state index is 14.1. The zero-order valence-corrected chi connectivity index (χ0v) is 15.4. The number of carbonyl (C=O) groups is 1. The van der Waals surface area contributed by atoms with Gasteiger partial charge in [0.15, 0.2) is 11.5 Å². The minimum Gasteiger partial charge on any atom is -0.492 e. The lowest BCUT2D eigenvalue weighted by atomic mass is 10.1. The number of halogens is 2. The van der Waals surface area contributed by atoms with Crippen molar-refractivity contribution in [3.05, 3.63) is 59.8 Å². The molecule has 0 spiro atoms. The van der Waals surface area contributed by atoms with Crippen LogP contribution in [0.25, 0.3) is 11.3 Å². The van der Waals surface area contributed by atoms with Gasteiger partial charge in [0, 0.05) is 30.9 Å². The van der Waals surface area contributed by atoms with Crippen LogP contribution in [-0.2, 0) is 7.05 Å². The predicted octanol–water partition coefficient (Wildman–Crippen LogP) is 2.90. The van der Waals surface area contributed by atoms with E-state index in [2.05, 4.69) is 10.4 Å². The molecular weight excluding hydrogens is 384 g/mol. The van der Waals surface area contributed by atoms with Crippen LogP contribution in [0.4, 0.5) is 8.78 Å². The van der Waals surface area contributed by atoms with Crippen LogP contribution in [0.3, 0.4) is 0 Å². The van der Waals surface area contributed by atoms with E-state index in [1.807, 2.05) is 0 Å². The van der Waals surface area contributed by atoms with Crippen LogP contribution >= 0.6 is 0 Å². The Labute approximate surface area is 164 Å². The third-order valence-corrected chi connectivity index (χ3v) is 4.26. The number of nitrogens with one attached hydrogen (secondary N) is 1. The number of hydrogen-bond donors (Lipinski definition) is 1. The molecule has 9 heteroatoms. The molecule has 3 aromatic rings. The molecule has 0 saturated heterocycles. The standard InChI is InChI=1S/C20H17F2N3O4/c1-25-10-15(19(24-25)14-4-2-12(21)8-16(14)22)20(26)23-6-7-27-13-3-5-17-18(9-13)29-11-28-17/h2-5,8-10H,6-7,11H2,1H3,(H,23,26). The molecule has 2 aromatic carbocycles. The number of ether oxygens (including phenoxy) is 3. The Hall–Kier alpha value is -3.62. The molecule has 1 amide bonds. The fourth-order valence-corrected chi connectivity index (χ4v) is 2.93. The molecule has 0 fully saturated rings. The van der Waals surface area contributed by atoms with Gasteiger partial charge in [-0.1, -0.05) is 0 Å². The van der Waals surface area contributed by atoms with E-state index in [-0.39, 0.29) is 36.8 Å². The molecule has 0 atom stereocenters. The summed E-state index contributed by atoms with van der Waals surface area (Å²) >= 11 is 0. The number of carbonyl (C=O) groups excluding carboxylic acids is 1. The first kappa shape index (κ1) is 18.7. The molecule has 1 aliphatic heterocycles. The van der Waals surface area contributed by atoms with E-state index in [0.29, 0.717) is 17.2 Å². The molecule has 150 valence electrons. The van der Waals surface area contributed by atoms with Gasteiger partial charge >= 0.3 is 0 Å². The van der Waals surface area contributed by atoms with Crippen molar-refractivity contribution >= 4 is 5.91 Å². The quantitative estimate of drug-likeness (QED) is 0.643. The predicted molar refractivity (Wildman–Crippen MR) is 99.0 cm³/mol. The van der Waals surface area contributed by atoms with Crippen molar-refractivity contribution in [1.82, 2.24) is 15.1 Å². The SMILES string of the molecule is Cn1cc(C(=O)NCCOc2ccc3c(c2)OCO3)c(-c2ccc(F)cc2F)n1. The van der Waals surface area contributed by atoms with Crippen molar-refractivity contribution in [1.29, 1.82) is 0 Å². The minimum atomic E-state index is -0.788. The van der Waals surface area contributed by atoms with Gasteiger partial charge in [0.05, 0.1) is 12.1 Å². The second-order valence-electron chi connectivity index (χ2n) is 6.31. The summed E-state index contributed by atoms with van der Waals surface area (Å²) in [6, 6.07) is 8.33. The van der Waals surface area contributed by atoms with E-state index < -0.39 is 17.5 Å². The highest BCUT2D eigenvalue weighted by molar-refractivity contribution is 5.99. The fraction of sp³-hybridized carbons (Fsp3) is 0.200. The van der Waals surface area contributed by atoms with E-state index >= 15 is 0 Å². The van der Waals surface area contributed by atoms with Gasteiger partial charge in [0.2, 0.25) is 6.79 Å². The molecule has 1 aliphatic rings. The monoisotopic (exact) mass is 401 g/mol. The molecule has 0 unspecified atom stereocenters. The minimum absolute atomic E-state index is 0.0498. The zero-order valence-electron chi connectivity index (χ0n) is 15.4. The van der Waals surface area contributed by atoms with Gasteiger partial charge in [0.25, 0.3) is 5.91 Å². The van der Waals surface area contributed by atoms with E-state index in [4.69, 9.17) is 14.2 Å². The maximum atomic E-state index is 14.1. The highest BCUT2D eigenvalue weighted by Crippen LogP contribution is 2.35. The first-order valence-electron chi connectivity index (χ1n) is 8.81. The van der Waals surface area contributed by atoms with Crippen molar-refractivity contribution in [3.63, 3.8) is 0 Å². The zero-order chi connectivity index (χ0) is 20.4. The Kier molecular flexibility index (Phi) is 5.03. The number of rotatable bonds is 6.